The summed E-state index contributed by atoms with van der Waals surface area (Å²) in [6.45, 7) is 3.85. The van der Waals surface area contributed by atoms with Crippen molar-refractivity contribution in [3.05, 3.63) is 27.7 Å². The summed E-state index contributed by atoms with van der Waals surface area (Å²) in [5.41, 5.74) is 0.300. The van der Waals surface area contributed by atoms with Crippen LogP contribution >= 0.6 is 23.2 Å². The molecule has 8 heteroatoms. The quantitative estimate of drug-likeness (QED) is 0.796. The molecule has 0 fully saturated rings. The van der Waals surface area contributed by atoms with Crippen molar-refractivity contribution in [2.75, 3.05) is 13.2 Å². The standard InChI is InChI=1S/C12H17Cl2NO4S/c1-3-19-8(2)6-15-20(17,18)12-4-9(7-16)10(13)5-11(12)14/h4-5,8,15-16H,3,6-7H2,1-2H3. The summed E-state index contributed by atoms with van der Waals surface area (Å²) in [4.78, 5) is -0.115. The molecule has 1 unspecified atom stereocenters. The van der Waals surface area contributed by atoms with Crippen molar-refractivity contribution in [2.45, 2.75) is 31.5 Å². The Hall–Kier alpha value is -0.370. The minimum absolute atomic E-state index is 0.00348. The van der Waals surface area contributed by atoms with E-state index in [0.717, 1.165) is 0 Å². The Balaban J connectivity index is 2.98. The van der Waals surface area contributed by atoms with Crippen molar-refractivity contribution < 1.29 is 18.3 Å². The van der Waals surface area contributed by atoms with E-state index in [0.29, 0.717) is 12.2 Å². The average molecular weight is 342 g/mol. The van der Waals surface area contributed by atoms with Gasteiger partial charge in [0.25, 0.3) is 0 Å². The maximum absolute atomic E-state index is 12.2. The van der Waals surface area contributed by atoms with Crippen molar-refractivity contribution in [1.82, 2.24) is 4.72 Å². The molecule has 0 saturated heterocycles. The lowest BCUT2D eigenvalue weighted by molar-refractivity contribution is 0.0799. The zero-order valence-corrected chi connectivity index (χ0v) is 13.5. The largest absolute Gasteiger partial charge is 0.392 e. The number of sulfonamides is 1. The van der Waals surface area contributed by atoms with E-state index >= 15 is 0 Å². The van der Waals surface area contributed by atoms with E-state index in [1.165, 1.54) is 12.1 Å². The topological polar surface area (TPSA) is 75.6 Å². The van der Waals surface area contributed by atoms with Crippen molar-refractivity contribution >= 4 is 33.2 Å². The van der Waals surface area contributed by atoms with Crippen LogP contribution in [0.5, 0.6) is 0 Å². The molecular weight excluding hydrogens is 325 g/mol. The summed E-state index contributed by atoms with van der Waals surface area (Å²) >= 11 is 11.7. The number of aliphatic hydroxyl groups excluding tert-OH is 1. The minimum Gasteiger partial charge on any atom is -0.392 e. The zero-order valence-electron chi connectivity index (χ0n) is 11.2. The highest BCUT2D eigenvalue weighted by molar-refractivity contribution is 7.89. The summed E-state index contributed by atoms with van der Waals surface area (Å²) in [6, 6.07) is 2.56. The number of ether oxygens (including phenoxy) is 1. The van der Waals surface area contributed by atoms with Crippen molar-refractivity contribution in [3.8, 4) is 0 Å². The van der Waals surface area contributed by atoms with E-state index < -0.39 is 10.0 Å². The van der Waals surface area contributed by atoms with E-state index in [1.807, 2.05) is 6.92 Å². The highest BCUT2D eigenvalue weighted by Crippen LogP contribution is 2.28. The number of hydrogen-bond donors (Lipinski definition) is 2. The van der Waals surface area contributed by atoms with Gasteiger partial charge in [-0.2, -0.15) is 0 Å². The fraction of sp³-hybridized carbons (Fsp3) is 0.500. The Morgan fingerprint density at radius 1 is 1.35 bits per heavy atom. The first-order valence-electron chi connectivity index (χ1n) is 6.01. The molecule has 0 aliphatic heterocycles. The molecule has 0 amide bonds. The first-order valence-corrected chi connectivity index (χ1v) is 8.25. The van der Waals surface area contributed by atoms with Gasteiger partial charge in [-0.15, -0.1) is 0 Å². The van der Waals surface area contributed by atoms with Crippen molar-refractivity contribution in [3.63, 3.8) is 0 Å². The number of benzene rings is 1. The zero-order chi connectivity index (χ0) is 15.3. The fourth-order valence-corrected chi connectivity index (χ4v) is 3.52. The molecule has 0 spiro atoms. The third-order valence-electron chi connectivity index (χ3n) is 2.57. The first kappa shape index (κ1) is 17.7. The Kier molecular flexibility index (Phi) is 6.71. The molecule has 20 heavy (non-hydrogen) atoms. The minimum atomic E-state index is -3.79. The summed E-state index contributed by atoms with van der Waals surface area (Å²) in [7, 11) is -3.79. The van der Waals surface area contributed by atoms with Crippen LogP contribution in [0.1, 0.15) is 19.4 Å². The lowest BCUT2D eigenvalue weighted by Gasteiger charge is -2.14. The van der Waals surface area contributed by atoms with E-state index in [2.05, 4.69) is 4.72 Å². The van der Waals surface area contributed by atoms with E-state index in [-0.39, 0.29) is 34.2 Å². The van der Waals surface area contributed by atoms with Gasteiger partial charge in [0.05, 0.1) is 17.7 Å². The van der Waals surface area contributed by atoms with Crippen molar-refractivity contribution in [1.29, 1.82) is 0 Å². The summed E-state index contributed by atoms with van der Waals surface area (Å²) in [6.07, 6.45) is -0.252. The van der Waals surface area contributed by atoms with Gasteiger partial charge in [-0.1, -0.05) is 23.2 Å². The predicted octanol–water partition coefficient (Wildman–Crippen LogP) is 2.19. The SMILES string of the molecule is CCOC(C)CNS(=O)(=O)c1cc(CO)c(Cl)cc1Cl. The predicted molar refractivity (Wildman–Crippen MR) is 78.7 cm³/mol. The van der Waals surface area contributed by atoms with Gasteiger partial charge in [-0.05, 0) is 31.5 Å². The Morgan fingerprint density at radius 3 is 2.55 bits per heavy atom. The average Bonchev–Trinajstić information content (AvgIpc) is 2.37. The molecule has 114 valence electrons. The van der Waals surface area contributed by atoms with Crippen LogP contribution in [0.15, 0.2) is 17.0 Å². The summed E-state index contributed by atoms with van der Waals surface area (Å²) < 4.78 is 32.0. The van der Waals surface area contributed by atoms with Crippen LogP contribution < -0.4 is 4.72 Å². The maximum atomic E-state index is 12.2. The molecule has 1 atom stereocenters. The molecule has 0 radical (unpaired) electrons. The van der Waals surface area contributed by atoms with Gasteiger partial charge in [0.15, 0.2) is 0 Å². The molecule has 1 aromatic rings. The molecule has 0 heterocycles. The number of hydrogen-bond acceptors (Lipinski definition) is 4. The fourth-order valence-electron chi connectivity index (χ4n) is 1.55. The molecule has 0 saturated carbocycles. The second-order valence-electron chi connectivity index (χ2n) is 4.15. The normalized spacial score (nSPS) is 13.4. The van der Waals surface area contributed by atoms with Crippen LogP contribution in [0.25, 0.3) is 0 Å². The Bertz CT molecular complexity index is 563. The molecule has 0 aliphatic carbocycles. The first-order chi connectivity index (χ1) is 9.31. The molecule has 2 N–H and O–H groups in total. The van der Waals surface area contributed by atoms with Crippen LogP contribution in [-0.4, -0.2) is 32.8 Å². The van der Waals surface area contributed by atoms with Crippen LogP contribution in [0, 0.1) is 0 Å². The number of nitrogens with one attached hydrogen (secondary N) is 1. The van der Waals surface area contributed by atoms with Crippen LogP contribution in [0.2, 0.25) is 10.0 Å². The molecule has 0 aliphatic rings. The van der Waals surface area contributed by atoms with Crippen LogP contribution in [0.4, 0.5) is 0 Å². The molecular formula is C12H17Cl2NO4S. The van der Waals surface area contributed by atoms with Crippen LogP contribution in [0.3, 0.4) is 0 Å². The van der Waals surface area contributed by atoms with Crippen molar-refractivity contribution in [2.24, 2.45) is 0 Å². The summed E-state index contributed by atoms with van der Waals surface area (Å²) in [5, 5.41) is 9.35. The van der Waals surface area contributed by atoms with Gasteiger partial charge in [-0.25, -0.2) is 13.1 Å². The third kappa shape index (κ3) is 4.58. The Morgan fingerprint density at radius 2 is 2.00 bits per heavy atom. The molecule has 1 rings (SSSR count). The number of rotatable bonds is 7. The lowest BCUT2D eigenvalue weighted by atomic mass is 10.2. The molecule has 1 aromatic carbocycles. The lowest BCUT2D eigenvalue weighted by Crippen LogP contribution is -2.32. The third-order valence-corrected chi connectivity index (χ3v) is 4.81. The van der Waals surface area contributed by atoms with E-state index in [9.17, 15) is 8.42 Å². The maximum Gasteiger partial charge on any atom is 0.242 e. The summed E-state index contributed by atoms with van der Waals surface area (Å²) in [5.74, 6) is 0. The monoisotopic (exact) mass is 341 g/mol. The number of aliphatic hydroxyl groups is 1. The van der Waals surface area contributed by atoms with Gasteiger partial charge in [0.1, 0.15) is 4.90 Å². The van der Waals surface area contributed by atoms with E-state index in [1.54, 1.807) is 6.92 Å². The van der Waals surface area contributed by atoms with Gasteiger partial charge < -0.3 is 9.84 Å². The van der Waals surface area contributed by atoms with Gasteiger partial charge >= 0.3 is 0 Å². The van der Waals surface area contributed by atoms with Gasteiger partial charge in [0.2, 0.25) is 10.0 Å². The second-order valence-corrected chi connectivity index (χ2v) is 6.70. The molecule has 5 nitrogen and oxygen atoms in total. The highest BCUT2D eigenvalue weighted by Gasteiger charge is 2.20. The van der Waals surface area contributed by atoms with Gasteiger partial charge in [0, 0.05) is 18.2 Å². The second kappa shape index (κ2) is 7.59. The highest BCUT2D eigenvalue weighted by atomic mass is 35.5. The van der Waals surface area contributed by atoms with E-state index in [4.69, 9.17) is 33.0 Å². The Labute approximate surface area is 128 Å². The molecule has 0 bridgehead atoms. The van der Waals surface area contributed by atoms with Gasteiger partial charge in [-0.3, -0.25) is 0 Å². The van der Waals surface area contributed by atoms with Crippen LogP contribution in [-0.2, 0) is 21.4 Å². The molecule has 0 aromatic heterocycles. The smallest absolute Gasteiger partial charge is 0.242 e. The number of halogens is 2.